The van der Waals surface area contributed by atoms with Crippen LogP contribution in [0.2, 0.25) is 0 Å². The van der Waals surface area contributed by atoms with E-state index in [9.17, 15) is 9.59 Å². The Balaban J connectivity index is 1.58. The number of hydrogen-bond acceptors (Lipinski definition) is 7. The summed E-state index contributed by atoms with van der Waals surface area (Å²) in [5.74, 6) is 0.523. The number of hydrazine groups is 1. The van der Waals surface area contributed by atoms with Gasteiger partial charge in [-0.1, -0.05) is 5.16 Å². The van der Waals surface area contributed by atoms with Crippen LogP contribution < -0.4 is 10.2 Å². The number of carbonyl (C=O) groups excluding carboxylic acids is 2. The topological polar surface area (TPSA) is 97.1 Å². The Morgan fingerprint density at radius 3 is 2.63 bits per heavy atom. The molecular formula is C18H22N4O5. The number of nitrogens with zero attached hydrogens (tertiary/aromatic N) is 3. The number of morpholine rings is 1. The number of hydrogen-bond donors (Lipinski definition) is 1. The van der Waals surface area contributed by atoms with Gasteiger partial charge in [-0.05, 0) is 24.3 Å². The van der Waals surface area contributed by atoms with Crippen molar-refractivity contribution in [3.05, 3.63) is 36.0 Å². The number of ether oxygens (including phenoxy) is 2. The van der Waals surface area contributed by atoms with Gasteiger partial charge in [-0.2, -0.15) is 0 Å². The van der Waals surface area contributed by atoms with E-state index in [1.807, 2.05) is 12.1 Å². The Bertz CT molecular complexity index is 783. The fourth-order valence-electron chi connectivity index (χ4n) is 2.64. The molecule has 1 fully saturated rings. The van der Waals surface area contributed by atoms with Crippen molar-refractivity contribution in [3.8, 4) is 17.1 Å². The van der Waals surface area contributed by atoms with Crippen LogP contribution in [0.4, 0.5) is 0 Å². The van der Waals surface area contributed by atoms with Gasteiger partial charge in [0.25, 0.3) is 11.8 Å². The highest BCUT2D eigenvalue weighted by molar-refractivity contribution is 5.95. The molecule has 27 heavy (non-hydrogen) atoms. The summed E-state index contributed by atoms with van der Waals surface area (Å²) in [6.45, 7) is 2.31. The second-order valence-electron chi connectivity index (χ2n) is 6.10. The molecule has 0 spiro atoms. The number of rotatable bonds is 6. The van der Waals surface area contributed by atoms with Crippen molar-refractivity contribution >= 4 is 11.8 Å². The molecule has 1 aliphatic heterocycles. The van der Waals surface area contributed by atoms with Gasteiger partial charge in [0, 0.05) is 31.8 Å². The predicted molar refractivity (Wildman–Crippen MR) is 96.0 cm³/mol. The number of carbonyl (C=O) groups is 2. The largest absolute Gasteiger partial charge is 0.497 e. The SMILES string of the molecule is COc1ccc(-c2cc(C(=O)N(C)CC(=O)NN3CCOCC3)no2)cc1. The molecular weight excluding hydrogens is 352 g/mol. The van der Waals surface area contributed by atoms with Gasteiger partial charge < -0.3 is 18.9 Å². The summed E-state index contributed by atoms with van der Waals surface area (Å²) in [4.78, 5) is 25.9. The molecule has 1 aromatic carbocycles. The van der Waals surface area contributed by atoms with Crippen molar-refractivity contribution < 1.29 is 23.6 Å². The first-order valence-electron chi connectivity index (χ1n) is 8.55. The van der Waals surface area contributed by atoms with Gasteiger partial charge in [0.1, 0.15) is 12.3 Å². The lowest BCUT2D eigenvalue weighted by atomic mass is 10.1. The van der Waals surface area contributed by atoms with Gasteiger partial charge in [-0.3, -0.25) is 15.0 Å². The van der Waals surface area contributed by atoms with Crippen LogP contribution in [0.25, 0.3) is 11.3 Å². The molecule has 0 aliphatic carbocycles. The van der Waals surface area contributed by atoms with E-state index in [0.717, 1.165) is 11.3 Å². The highest BCUT2D eigenvalue weighted by Gasteiger charge is 2.21. The lowest BCUT2D eigenvalue weighted by molar-refractivity contribution is -0.128. The van der Waals surface area contributed by atoms with Crippen LogP contribution in [0.1, 0.15) is 10.5 Å². The first-order valence-corrected chi connectivity index (χ1v) is 8.55. The fraction of sp³-hybridized carbons (Fsp3) is 0.389. The van der Waals surface area contributed by atoms with Crippen LogP contribution in [0.3, 0.4) is 0 Å². The van der Waals surface area contributed by atoms with Gasteiger partial charge in [0.15, 0.2) is 11.5 Å². The zero-order valence-corrected chi connectivity index (χ0v) is 15.3. The Kier molecular flexibility index (Phi) is 6.05. The highest BCUT2D eigenvalue weighted by Crippen LogP contribution is 2.23. The summed E-state index contributed by atoms with van der Waals surface area (Å²) in [7, 11) is 3.13. The van der Waals surface area contributed by atoms with Crippen LogP contribution in [0, 0.1) is 0 Å². The van der Waals surface area contributed by atoms with E-state index in [4.69, 9.17) is 14.0 Å². The monoisotopic (exact) mass is 374 g/mol. The standard InChI is InChI=1S/C18H22N4O5/c1-21(12-17(23)19-22-7-9-26-10-8-22)18(24)15-11-16(27-20-15)13-3-5-14(25-2)6-4-13/h3-6,11H,7-10,12H2,1-2H3,(H,19,23). The minimum absolute atomic E-state index is 0.0824. The molecule has 1 N–H and O–H groups in total. The second kappa shape index (κ2) is 8.65. The molecule has 9 nitrogen and oxygen atoms in total. The molecule has 2 aromatic rings. The van der Waals surface area contributed by atoms with Crippen molar-refractivity contribution in [1.29, 1.82) is 0 Å². The Morgan fingerprint density at radius 2 is 1.96 bits per heavy atom. The summed E-state index contributed by atoms with van der Waals surface area (Å²) in [6.07, 6.45) is 0. The Morgan fingerprint density at radius 1 is 1.26 bits per heavy atom. The average Bonchev–Trinajstić information content (AvgIpc) is 3.18. The predicted octanol–water partition coefficient (Wildman–Crippen LogP) is 0.786. The van der Waals surface area contributed by atoms with Crippen LogP contribution >= 0.6 is 0 Å². The van der Waals surface area contributed by atoms with Gasteiger partial charge in [0.05, 0.1) is 20.3 Å². The number of likely N-dealkylation sites (N-methyl/N-ethyl adjacent to an activating group) is 1. The molecule has 1 aromatic heterocycles. The van der Waals surface area contributed by atoms with E-state index >= 15 is 0 Å². The van der Waals surface area contributed by atoms with Crippen molar-refractivity contribution in [2.24, 2.45) is 0 Å². The summed E-state index contributed by atoms with van der Waals surface area (Å²) in [5, 5.41) is 5.60. The number of benzene rings is 1. The number of aromatic nitrogens is 1. The Labute approximate surface area is 156 Å². The zero-order chi connectivity index (χ0) is 19.2. The van der Waals surface area contributed by atoms with Crippen LogP contribution in [0.15, 0.2) is 34.9 Å². The smallest absolute Gasteiger partial charge is 0.276 e. The third-order valence-electron chi connectivity index (χ3n) is 4.13. The molecule has 1 aliphatic rings. The minimum Gasteiger partial charge on any atom is -0.497 e. The van der Waals surface area contributed by atoms with E-state index in [-0.39, 0.29) is 18.1 Å². The maximum Gasteiger partial charge on any atom is 0.276 e. The molecule has 0 atom stereocenters. The van der Waals surface area contributed by atoms with Crippen LogP contribution in [-0.2, 0) is 9.53 Å². The molecule has 0 bridgehead atoms. The first-order chi connectivity index (χ1) is 13.1. The third kappa shape index (κ3) is 4.83. The zero-order valence-electron chi connectivity index (χ0n) is 15.3. The van der Waals surface area contributed by atoms with Crippen molar-refractivity contribution in [2.75, 3.05) is 47.0 Å². The maximum absolute atomic E-state index is 12.5. The van der Waals surface area contributed by atoms with Gasteiger partial charge in [-0.25, -0.2) is 5.01 Å². The maximum atomic E-state index is 12.5. The molecule has 2 heterocycles. The molecule has 2 amide bonds. The molecule has 0 unspecified atom stereocenters. The third-order valence-corrected chi connectivity index (χ3v) is 4.13. The molecule has 0 radical (unpaired) electrons. The summed E-state index contributed by atoms with van der Waals surface area (Å²) in [6, 6.07) is 8.77. The van der Waals surface area contributed by atoms with Crippen LogP contribution in [0.5, 0.6) is 5.75 Å². The summed E-state index contributed by atoms with van der Waals surface area (Å²) < 4.78 is 15.6. The number of methoxy groups -OCH3 is 1. The van der Waals surface area contributed by atoms with Gasteiger partial charge in [-0.15, -0.1) is 0 Å². The highest BCUT2D eigenvalue weighted by atomic mass is 16.5. The van der Waals surface area contributed by atoms with Crippen molar-refractivity contribution in [3.63, 3.8) is 0 Å². The fourth-order valence-corrected chi connectivity index (χ4v) is 2.64. The lowest BCUT2D eigenvalue weighted by Crippen LogP contribution is -2.51. The molecule has 0 saturated carbocycles. The van der Waals surface area contributed by atoms with Gasteiger partial charge in [0.2, 0.25) is 0 Å². The summed E-state index contributed by atoms with van der Waals surface area (Å²) >= 11 is 0. The van der Waals surface area contributed by atoms with Crippen molar-refractivity contribution in [1.82, 2.24) is 20.5 Å². The average molecular weight is 374 g/mol. The first kappa shape index (κ1) is 18.9. The minimum atomic E-state index is -0.393. The summed E-state index contributed by atoms with van der Waals surface area (Å²) in [5.41, 5.74) is 3.68. The number of nitrogens with one attached hydrogen (secondary N) is 1. The molecule has 144 valence electrons. The molecule has 1 saturated heterocycles. The Hall–Kier alpha value is -2.91. The number of amides is 2. The normalized spacial score (nSPS) is 14.6. The quantitative estimate of drug-likeness (QED) is 0.798. The van der Waals surface area contributed by atoms with Crippen molar-refractivity contribution in [2.45, 2.75) is 0 Å². The van der Waals surface area contributed by atoms with Crippen LogP contribution in [-0.4, -0.2) is 73.9 Å². The lowest BCUT2D eigenvalue weighted by Gasteiger charge is -2.27. The van der Waals surface area contributed by atoms with E-state index in [1.165, 1.54) is 4.90 Å². The molecule has 3 rings (SSSR count). The van der Waals surface area contributed by atoms with E-state index in [1.54, 1.807) is 37.4 Å². The van der Waals surface area contributed by atoms with E-state index in [2.05, 4.69) is 10.6 Å². The second-order valence-corrected chi connectivity index (χ2v) is 6.10. The van der Waals surface area contributed by atoms with Gasteiger partial charge >= 0.3 is 0 Å². The van der Waals surface area contributed by atoms with E-state index < -0.39 is 5.91 Å². The molecule has 9 heteroatoms. The van der Waals surface area contributed by atoms with E-state index in [0.29, 0.717) is 32.1 Å².